The molecule has 2 saturated heterocycles. The van der Waals surface area contributed by atoms with Crippen molar-refractivity contribution in [1.82, 2.24) is 0 Å². The summed E-state index contributed by atoms with van der Waals surface area (Å²) in [4.78, 5) is 25.0. The molecular weight excluding hydrogens is 352 g/mol. The number of aliphatic hydroxyl groups excluding tert-OH is 1. The molecule has 0 radical (unpaired) electrons. The van der Waals surface area contributed by atoms with Gasteiger partial charge in [-0.3, -0.25) is 4.79 Å². The summed E-state index contributed by atoms with van der Waals surface area (Å²) in [5.41, 5.74) is 1.17. The zero-order chi connectivity index (χ0) is 20.0. The molecule has 7 heteroatoms. The van der Waals surface area contributed by atoms with E-state index in [1.807, 2.05) is 0 Å². The number of hydrogen-bond donors (Lipinski definition) is 1. The van der Waals surface area contributed by atoms with Crippen LogP contribution < -0.4 is 0 Å². The first-order chi connectivity index (χ1) is 12.5. The Kier molecular flexibility index (Phi) is 4.98. The monoisotopic (exact) mass is 376 g/mol. The first-order valence-corrected chi connectivity index (χ1v) is 8.74. The molecule has 0 spiro atoms. The van der Waals surface area contributed by atoms with E-state index in [-0.39, 0.29) is 0 Å². The van der Waals surface area contributed by atoms with Crippen molar-refractivity contribution in [3.63, 3.8) is 0 Å². The molecule has 2 aliphatic rings. The second-order valence-electron chi connectivity index (χ2n) is 7.56. The number of esters is 1. The number of hydrogen-bond acceptors (Lipinski definition) is 7. The van der Waals surface area contributed by atoms with Crippen LogP contribution in [-0.2, 0) is 23.7 Å². The van der Waals surface area contributed by atoms with Gasteiger partial charge in [-0.05, 0) is 19.4 Å². The highest BCUT2D eigenvalue weighted by Crippen LogP contribution is 2.37. The van der Waals surface area contributed by atoms with E-state index < -0.39 is 47.7 Å². The summed E-state index contributed by atoms with van der Waals surface area (Å²) >= 11 is 0. The number of Topliss-reactive ketones (excluding diaryl/α,β-unsaturated/α-hetero) is 1. The van der Waals surface area contributed by atoms with Crippen molar-refractivity contribution in [2.24, 2.45) is 0 Å². The van der Waals surface area contributed by atoms with Crippen LogP contribution in [0, 0.1) is 0 Å². The topological polar surface area (TPSA) is 91.3 Å². The first kappa shape index (κ1) is 19.7. The third kappa shape index (κ3) is 3.96. The largest absolute Gasteiger partial charge is 0.432 e. The highest BCUT2D eigenvalue weighted by molar-refractivity contribution is 6.00. The minimum Gasteiger partial charge on any atom is -0.432 e. The number of aliphatic hydroxyl groups is 1. The van der Waals surface area contributed by atoms with E-state index in [9.17, 15) is 14.7 Å². The highest BCUT2D eigenvalue weighted by atomic mass is 16.8. The Morgan fingerprint density at radius 3 is 2.26 bits per heavy atom. The number of carbonyl (C=O) groups is 2. The van der Waals surface area contributed by atoms with Crippen molar-refractivity contribution < 1.29 is 33.6 Å². The maximum absolute atomic E-state index is 12.7. The van der Waals surface area contributed by atoms with Crippen LogP contribution in [0.1, 0.15) is 43.6 Å². The number of cyclic esters (lactones) is 1. The lowest BCUT2D eigenvalue weighted by Crippen LogP contribution is -2.48. The third-order valence-corrected chi connectivity index (χ3v) is 4.46. The second-order valence-corrected chi connectivity index (χ2v) is 7.56. The second kappa shape index (κ2) is 6.83. The molecule has 1 aromatic carbocycles. The number of carbonyl (C=O) groups excluding carboxylic acids is 2. The molecule has 0 aliphatic carbocycles. The Labute approximate surface area is 157 Å². The van der Waals surface area contributed by atoms with E-state index in [4.69, 9.17) is 18.9 Å². The SMILES string of the molecule is C=Cc1ccc(C(=O)[C@H](O)[C@H]2OC(C)(C)O[C@@H]2[C@@H]2OC(C)(C)OC2=O)cc1. The predicted octanol–water partition coefficient (Wildman–Crippen LogP) is 2.07. The van der Waals surface area contributed by atoms with Crippen LogP contribution in [0.3, 0.4) is 0 Å². The van der Waals surface area contributed by atoms with E-state index in [1.54, 1.807) is 58.0 Å². The van der Waals surface area contributed by atoms with E-state index in [0.717, 1.165) is 5.56 Å². The van der Waals surface area contributed by atoms with Gasteiger partial charge < -0.3 is 24.1 Å². The zero-order valence-corrected chi connectivity index (χ0v) is 15.8. The first-order valence-electron chi connectivity index (χ1n) is 8.74. The third-order valence-electron chi connectivity index (χ3n) is 4.46. The van der Waals surface area contributed by atoms with Gasteiger partial charge in [-0.1, -0.05) is 36.9 Å². The Morgan fingerprint density at radius 1 is 1.11 bits per heavy atom. The fourth-order valence-electron chi connectivity index (χ4n) is 3.28. The van der Waals surface area contributed by atoms with Crippen molar-refractivity contribution in [3.05, 3.63) is 42.0 Å². The van der Waals surface area contributed by atoms with Crippen LogP contribution in [-0.4, -0.2) is 52.8 Å². The molecule has 0 bridgehead atoms. The lowest BCUT2D eigenvalue weighted by molar-refractivity contribution is -0.175. The van der Waals surface area contributed by atoms with Crippen molar-refractivity contribution in [1.29, 1.82) is 0 Å². The molecule has 2 heterocycles. The van der Waals surface area contributed by atoms with Crippen LogP contribution >= 0.6 is 0 Å². The predicted molar refractivity (Wildman–Crippen MR) is 95.7 cm³/mol. The summed E-state index contributed by atoms with van der Waals surface area (Å²) in [6.07, 6.45) is -3.05. The van der Waals surface area contributed by atoms with Crippen molar-refractivity contribution >= 4 is 17.8 Å². The molecule has 1 N–H and O–H groups in total. The smallest absolute Gasteiger partial charge is 0.340 e. The number of ether oxygens (including phenoxy) is 4. The van der Waals surface area contributed by atoms with Crippen molar-refractivity contribution in [2.45, 2.75) is 63.7 Å². The summed E-state index contributed by atoms with van der Waals surface area (Å²) in [6, 6.07) is 6.64. The van der Waals surface area contributed by atoms with E-state index in [0.29, 0.717) is 5.56 Å². The summed E-state index contributed by atoms with van der Waals surface area (Å²) < 4.78 is 22.3. The fraction of sp³-hybridized carbons (Fsp3) is 0.500. The van der Waals surface area contributed by atoms with Crippen LogP contribution in [0.2, 0.25) is 0 Å². The average Bonchev–Trinajstić information content (AvgIpc) is 3.07. The summed E-state index contributed by atoms with van der Waals surface area (Å²) in [7, 11) is 0. The van der Waals surface area contributed by atoms with E-state index >= 15 is 0 Å². The molecule has 7 nitrogen and oxygen atoms in total. The molecule has 1 aromatic rings. The Hall–Kier alpha value is -2.06. The Morgan fingerprint density at radius 2 is 1.74 bits per heavy atom. The lowest BCUT2D eigenvalue weighted by Gasteiger charge is -2.24. The zero-order valence-electron chi connectivity index (χ0n) is 15.8. The van der Waals surface area contributed by atoms with Crippen molar-refractivity contribution in [3.8, 4) is 0 Å². The van der Waals surface area contributed by atoms with Gasteiger partial charge >= 0.3 is 5.97 Å². The standard InChI is InChI=1S/C20H24O7/c1-6-11-7-9-12(10-8-11)13(21)14(22)15-16(25-19(2,3)24-15)17-18(23)27-20(4,5)26-17/h6-10,14-17,22H,1H2,2-5H3/t14-,15+,16-,17-/m0/s1. The molecule has 146 valence electrons. The maximum Gasteiger partial charge on any atom is 0.340 e. The van der Waals surface area contributed by atoms with Crippen LogP contribution in [0.25, 0.3) is 6.08 Å². The van der Waals surface area contributed by atoms with Gasteiger partial charge in [0.15, 0.2) is 17.7 Å². The molecular formula is C20H24O7. The maximum atomic E-state index is 12.7. The van der Waals surface area contributed by atoms with Crippen LogP contribution in [0.4, 0.5) is 0 Å². The molecule has 0 saturated carbocycles. The van der Waals surface area contributed by atoms with Gasteiger partial charge in [-0.25, -0.2) is 4.79 Å². The number of benzene rings is 1. The fourth-order valence-corrected chi connectivity index (χ4v) is 3.28. The molecule has 0 amide bonds. The Balaban J connectivity index is 1.84. The minimum absolute atomic E-state index is 0.315. The summed E-state index contributed by atoms with van der Waals surface area (Å²) in [5, 5.41) is 10.7. The molecule has 2 fully saturated rings. The normalized spacial score (nSPS) is 30.0. The van der Waals surface area contributed by atoms with Crippen LogP contribution in [0.15, 0.2) is 30.8 Å². The molecule has 27 heavy (non-hydrogen) atoms. The molecule has 0 unspecified atom stereocenters. The average molecular weight is 376 g/mol. The number of ketones is 1. The van der Waals surface area contributed by atoms with Crippen molar-refractivity contribution in [2.75, 3.05) is 0 Å². The van der Waals surface area contributed by atoms with Gasteiger partial charge in [0.2, 0.25) is 5.79 Å². The molecule has 0 aromatic heterocycles. The summed E-state index contributed by atoms with van der Waals surface area (Å²) in [6.45, 7) is 10.1. The molecule has 2 aliphatic heterocycles. The van der Waals surface area contributed by atoms with Gasteiger partial charge in [0.05, 0.1) is 0 Å². The van der Waals surface area contributed by atoms with Gasteiger partial charge in [-0.2, -0.15) is 0 Å². The highest BCUT2D eigenvalue weighted by Gasteiger charge is 2.56. The van der Waals surface area contributed by atoms with E-state index in [2.05, 4.69) is 6.58 Å². The molecule has 4 atom stereocenters. The van der Waals surface area contributed by atoms with Crippen LogP contribution in [0.5, 0.6) is 0 Å². The van der Waals surface area contributed by atoms with Gasteiger partial charge in [0.25, 0.3) is 0 Å². The summed E-state index contributed by atoms with van der Waals surface area (Å²) in [5.74, 6) is -3.36. The van der Waals surface area contributed by atoms with E-state index in [1.165, 1.54) is 0 Å². The number of rotatable bonds is 5. The van der Waals surface area contributed by atoms with Gasteiger partial charge in [0.1, 0.15) is 18.3 Å². The van der Waals surface area contributed by atoms with Gasteiger partial charge in [-0.15, -0.1) is 0 Å². The van der Waals surface area contributed by atoms with Gasteiger partial charge in [0, 0.05) is 19.4 Å². The lowest BCUT2D eigenvalue weighted by atomic mass is 9.96. The quantitative estimate of drug-likeness (QED) is 0.621. The Bertz CT molecular complexity index is 750. The molecule has 3 rings (SSSR count). The minimum atomic E-state index is -1.54.